The second-order valence-corrected chi connectivity index (χ2v) is 9.51. The predicted octanol–water partition coefficient (Wildman–Crippen LogP) is 3.35. The summed E-state index contributed by atoms with van der Waals surface area (Å²) < 4.78 is 0. The molecular formula is C26H30N4O3. The molecule has 4 heterocycles. The lowest BCUT2D eigenvalue weighted by Gasteiger charge is -2.38. The molecule has 0 radical (unpaired) electrons. The lowest BCUT2D eigenvalue weighted by Crippen LogP contribution is -2.46. The number of nitrogens with zero attached hydrogens (tertiary/aromatic N) is 4. The maximum absolute atomic E-state index is 13.3. The first-order valence-corrected chi connectivity index (χ1v) is 12.0. The number of piperidine rings is 2. The van der Waals surface area contributed by atoms with Gasteiger partial charge in [0, 0.05) is 38.3 Å². The maximum atomic E-state index is 13.3. The Balaban J connectivity index is 1.29. The van der Waals surface area contributed by atoms with Crippen LogP contribution < -0.4 is 4.90 Å². The van der Waals surface area contributed by atoms with E-state index in [0.29, 0.717) is 35.8 Å². The quantitative estimate of drug-likeness (QED) is 0.674. The Labute approximate surface area is 194 Å². The highest BCUT2D eigenvalue weighted by Gasteiger charge is 2.39. The largest absolute Gasteiger partial charge is 0.371 e. The zero-order chi connectivity index (χ0) is 22.9. The van der Waals surface area contributed by atoms with Crippen molar-refractivity contribution in [1.29, 1.82) is 0 Å². The Morgan fingerprint density at radius 3 is 2.55 bits per heavy atom. The second kappa shape index (κ2) is 8.96. The number of amides is 3. The summed E-state index contributed by atoms with van der Waals surface area (Å²) in [5.41, 5.74) is 2.41. The summed E-state index contributed by atoms with van der Waals surface area (Å²) in [5, 5.41) is 0. The van der Waals surface area contributed by atoms with Crippen molar-refractivity contribution in [3.05, 3.63) is 59.4 Å². The molecule has 1 aromatic heterocycles. The van der Waals surface area contributed by atoms with Gasteiger partial charge in [0.1, 0.15) is 0 Å². The number of anilines is 1. The van der Waals surface area contributed by atoms with Crippen LogP contribution in [0.1, 0.15) is 59.0 Å². The minimum atomic E-state index is -0.271. The van der Waals surface area contributed by atoms with E-state index < -0.39 is 0 Å². The van der Waals surface area contributed by atoms with Gasteiger partial charge in [-0.25, -0.2) is 0 Å². The van der Waals surface area contributed by atoms with Crippen LogP contribution in [0, 0.1) is 11.8 Å². The van der Waals surface area contributed by atoms with Crippen molar-refractivity contribution in [2.45, 2.75) is 39.2 Å². The number of hydrogen-bond acceptors (Lipinski definition) is 5. The number of aromatic nitrogens is 1. The van der Waals surface area contributed by atoms with E-state index in [1.54, 1.807) is 12.3 Å². The zero-order valence-electron chi connectivity index (χ0n) is 19.1. The average Bonchev–Trinajstić information content (AvgIpc) is 3.09. The number of benzene rings is 1. The average molecular weight is 447 g/mol. The highest BCUT2D eigenvalue weighted by Crippen LogP contribution is 2.35. The summed E-state index contributed by atoms with van der Waals surface area (Å²) in [6.45, 7) is 5.53. The van der Waals surface area contributed by atoms with Crippen LogP contribution in [0.25, 0.3) is 0 Å². The third kappa shape index (κ3) is 4.12. The van der Waals surface area contributed by atoms with Crippen LogP contribution in [0.15, 0.2) is 42.6 Å². The molecule has 7 nitrogen and oxygen atoms in total. The number of carbonyl (C=O) groups excluding carboxylic acids is 3. The molecule has 0 N–H and O–H groups in total. The topological polar surface area (TPSA) is 73.8 Å². The van der Waals surface area contributed by atoms with Crippen LogP contribution >= 0.6 is 0 Å². The van der Waals surface area contributed by atoms with E-state index in [1.807, 2.05) is 35.2 Å². The molecular weight excluding hydrogens is 416 g/mol. The van der Waals surface area contributed by atoms with E-state index >= 15 is 0 Å². The molecule has 3 amide bonds. The molecule has 7 heteroatoms. The fourth-order valence-electron chi connectivity index (χ4n) is 5.39. The Hall–Kier alpha value is -3.22. The van der Waals surface area contributed by atoms with Gasteiger partial charge in [-0.05, 0) is 55.9 Å². The minimum Gasteiger partial charge on any atom is -0.371 e. The first kappa shape index (κ1) is 21.6. The van der Waals surface area contributed by atoms with Crippen LogP contribution in [0.2, 0.25) is 0 Å². The van der Waals surface area contributed by atoms with Gasteiger partial charge in [0.25, 0.3) is 11.8 Å². The third-order valence-electron chi connectivity index (χ3n) is 7.18. The SMILES string of the molecule is CC1CCCN(C(=O)C2CCN(c3cccc4c3C(=O)N(Cc3ccccn3)C4=O)CC2)C1. The molecule has 33 heavy (non-hydrogen) atoms. The van der Waals surface area contributed by atoms with Crippen LogP contribution in [0.3, 0.4) is 0 Å². The molecule has 0 bridgehead atoms. The molecule has 2 fully saturated rings. The lowest BCUT2D eigenvalue weighted by molar-refractivity contribution is -0.137. The van der Waals surface area contributed by atoms with E-state index in [1.165, 1.54) is 11.3 Å². The summed E-state index contributed by atoms with van der Waals surface area (Å²) in [7, 11) is 0. The molecule has 5 rings (SSSR count). The molecule has 1 atom stereocenters. The number of carbonyl (C=O) groups is 3. The van der Waals surface area contributed by atoms with Gasteiger partial charge in [0.15, 0.2) is 0 Å². The summed E-state index contributed by atoms with van der Waals surface area (Å²) in [5.74, 6) is 0.365. The van der Waals surface area contributed by atoms with Crippen molar-refractivity contribution < 1.29 is 14.4 Å². The van der Waals surface area contributed by atoms with Gasteiger partial charge < -0.3 is 9.80 Å². The van der Waals surface area contributed by atoms with Gasteiger partial charge in [-0.1, -0.05) is 19.1 Å². The van der Waals surface area contributed by atoms with E-state index in [-0.39, 0.29) is 30.2 Å². The molecule has 1 aromatic carbocycles. The number of fused-ring (bicyclic) bond motifs is 1. The first-order chi connectivity index (χ1) is 16.0. The van der Waals surface area contributed by atoms with Crippen LogP contribution in [-0.2, 0) is 11.3 Å². The highest BCUT2D eigenvalue weighted by molar-refractivity contribution is 6.23. The van der Waals surface area contributed by atoms with Crippen LogP contribution in [-0.4, -0.2) is 58.7 Å². The first-order valence-electron chi connectivity index (χ1n) is 12.0. The molecule has 0 spiro atoms. The fraction of sp³-hybridized carbons (Fsp3) is 0.462. The van der Waals surface area contributed by atoms with Crippen molar-refractivity contribution in [2.24, 2.45) is 11.8 Å². The summed E-state index contributed by atoms with van der Waals surface area (Å²) in [6, 6.07) is 11.0. The van der Waals surface area contributed by atoms with E-state index in [0.717, 1.165) is 38.0 Å². The van der Waals surface area contributed by atoms with E-state index in [4.69, 9.17) is 0 Å². The number of likely N-dealkylation sites (tertiary alicyclic amines) is 1. The molecule has 0 aliphatic carbocycles. The molecule has 2 saturated heterocycles. The monoisotopic (exact) mass is 446 g/mol. The Bertz CT molecular complexity index is 1060. The lowest BCUT2D eigenvalue weighted by atomic mass is 9.92. The van der Waals surface area contributed by atoms with Crippen molar-refractivity contribution in [3.63, 3.8) is 0 Å². The Morgan fingerprint density at radius 1 is 1.00 bits per heavy atom. The number of pyridine rings is 1. The van der Waals surface area contributed by atoms with Gasteiger partial charge in [0.2, 0.25) is 5.91 Å². The van der Waals surface area contributed by atoms with Crippen molar-refractivity contribution in [2.75, 3.05) is 31.1 Å². The maximum Gasteiger partial charge on any atom is 0.264 e. The number of rotatable bonds is 4. The molecule has 3 aliphatic rings. The third-order valence-corrected chi connectivity index (χ3v) is 7.18. The second-order valence-electron chi connectivity index (χ2n) is 9.51. The Morgan fingerprint density at radius 2 is 1.82 bits per heavy atom. The van der Waals surface area contributed by atoms with Crippen LogP contribution in [0.5, 0.6) is 0 Å². The standard InChI is InChI=1S/C26H30N4O3/c1-18-6-5-13-29(16-18)24(31)19-10-14-28(15-11-19)22-9-4-8-21-23(22)26(33)30(25(21)32)17-20-7-2-3-12-27-20/h2-4,7-9,12,18-19H,5-6,10-11,13-17H2,1H3. The van der Waals surface area contributed by atoms with E-state index in [9.17, 15) is 14.4 Å². The minimum absolute atomic E-state index is 0.0429. The molecule has 0 saturated carbocycles. The normalized spacial score (nSPS) is 21.5. The molecule has 3 aliphatic heterocycles. The molecule has 2 aromatic rings. The summed E-state index contributed by atoms with van der Waals surface area (Å²) >= 11 is 0. The van der Waals surface area contributed by atoms with Crippen LogP contribution in [0.4, 0.5) is 5.69 Å². The summed E-state index contributed by atoms with van der Waals surface area (Å²) in [6.07, 6.45) is 5.49. The van der Waals surface area contributed by atoms with Crippen molar-refractivity contribution in [1.82, 2.24) is 14.8 Å². The van der Waals surface area contributed by atoms with Gasteiger partial charge in [-0.15, -0.1) is 0 Å². The highest BCUT2D eigenvalue weighted by atomic mass is 16.2. The number of hydrogen-bond donors (Lipinski definition) is 0. The molecule has 172 valence electrons. The predicted molar refractivity (Wildman–Crippen MR) is 125 cm³/mol. The Kier molecular flexibility index (Phi) is 5.87. The van der Waals surface area contributed by atoms with Gasteiger partial charge in [-0.2, -0.15) is 0 Å². The van der Waals surface area contributed by atoms with Gasteiger partial charge in [0.05, 0.1) is 29.1 Å². The smallest absolute Gasteiger partial charge is 0.264 e. The number of imide groups is 1. The van der Waals surface area contributed by atoms with Gasteiger partial charge >= 0.3 is 0 Å². The molecule has 1 unspecified atom stereocenters. The van der Waals surface area contributed by atoms with Gasteiger partial charge in [-0.3, -0.25) is 24.3 Å². The van der Waals surface area contributed by atoms with E-state index in [2.05, 4.69) is 16.8 Å². The summed E-state index contributed by atoms with van der Waals surface area (Å²) in [4.78, 5) is 49.1. The van der Waals surface area contributed by atoms with Crippen molar-refractivity contribution >= 4 is 23.4 Å². The zero-order valence-corrected chi connectivity index (χ0v) is 19.1. The fourth-order valence-corrected chi connectivity index (χ4v) is 5.39. The van der Waals surface area contributed by atoms with Crippen molar-refractivity contribution in [3.8, 4) is 0 Å².